The zero-order valence-electron chi connectivity index (χ0n) is 19.0. The summed E-state index contributed by atoms with van der Waals surface area (Å²) in [4.78, 5) is 36.3. The second-order valence-corrected chi connectivity index (χ2v) is 10.4. The molecule has 180 valence electrons. The van der Waals surface area contributed by atoms with Gasteiger partial charge in [-0.1, -0.05) is 23.8 Å². The summed E-state index contributed by atoms with van der Waals surface area (Å²) in [5.74, 6) is -1.28. The minimum absolute atomic E-state index is 0.0157. The third-order valence-electron chi connectivity index (χ3n) is 6.09. The molecule has 9 heteroatoms. The maximum absolute atomic E-state index is 13.2. The number of esters is 1. The van der Waals surface area contributed by atoms with Crippen LogP contribution >= 0.6 is 0 Å². The number of ketones is 1. The van der Waals surface area contributed by atoms with Crippen LogP contribution in [0.4, 0.5) is 0 Å². The number of carbonyl (C=O) groups is 3. The minimum Gasteiger partial charge on any atom is -0.454 e. The van der Waals surface area contributed by atoms with Crippen LogP contribution in [0.3, 0.4) is 0 Å². The van der Waals surface area contributed by atoms with Gasteiger partial charge in [-0.05, 0) is 70.4 Å². The van der Waals surface area contributed by atoms with Crippen LogP contribution in [-0.2, 0) is 24.3 Å². The number of ether oxygens (including phenoxy) is 1. The molecule has 1 aromatic carbocycles. The number of allylic oxidation sites excluding steroid dienone is 1. The van der Waals surface area contributed by atoms with E-state index < -0.39 is 34.5 Å². The fourth-order valence-electron chi connectivity index (χ4n) is 4.20. The third-order valence-corrected chi connectivity index (χ3v) is 8.01. The molecule has 0 radical (unpaired) electrons. The third kappa shape index (κ3) is 6.74. The van der Waals surface area contributed by atoms with Crippen molar-refractivity contribution >= 4 is 27.7 Å². The predicted molar refractivity (Wildman–Crippen MR) is 123 cm³/mol. The van der Waals surface area contributed by atoms with Crippen LogP contribution in [0.15, 0.2) is 40.8 Å². The first-order chi connectivity index (χ1) is 15.8. The molecule has 1 aromatic rings. The average molecular weight is 477 g/mol. The van der Waals surface area contributed by atoms with Gasteiger partial charge in [-0.2, -0.15) is 4.31 Å². The molecule has 2 aliphatic rings. The van der Waals surface area contributed by atoms with Gasteiger partial charge in [0.2, 0.25) is 10.0 Å². The summed E-state index contributed by atoms with van der Waals surface area (Å²) < 4.78 is 32.7. The van der Waals surface area contributed by atoms with E-state index in [2.05, 4.69) is 11.4 Å². The van der Waals surface area contributed by atoms with Gasteiger partial charge in [0.1, 0.15) is 6.04 Å². The van der Waals surface area contributed by atoms with Gasteiger partial charge >= 0.3 is 5.97 Å². The highest BCUT2D eigenvalue weighted by Gasteiger charge is 2.38. The molecule has 1 aliphatic heterocycles. The first kappa shape index (κ1) is 25.1. The second-order valence-electron chi connectivity index (χ2n) is 8.52. The number of Topliss-reactive ketones (excluding diaryl/α,β-unsaturated/α-hetero) is 1. The minimum atomic E-state index is -3.95. The van der Waals surface area contributed by atoms with Crippen LogP contribution in [0.25, 0.3) is 0 Å². The van der Waals surface area contributed by atoms with Crippen molar-refractivity contribution in [2.45, 2.75) is 69.2 Å². The molecular weight excluding hydrogens is 444 g/mol. The number of carbonyl (C=O) groups excluding carboxylic acids is 3. The van der Waals surface area contributed by atoms with Crippen LogP contribution in [0.5, 0.6) is 0 Å². The van der Waals surface area contributed by atoms with Gasteiger partial charge in [0.15, 0.2) is 12.4 Å². The van der Waals surface area contributed by atoms with E-state index in [0.717, 1.165) is 23.6 Å². The smallest absolute Gasteiger partial charge is 0.324 e. The normalized spacial score (nSPS) is 19.4. The Hall–Kier alpha value is -2.52. The van der Waals surface area contributed by atoms with Gasteiger partial charge in [0, 0.05) is 18.7 Å². The first-order valence-corrected chi connectivity index (χ1v) is 13.0. The number of sulfonamides is 1. The molecule has 1 aliphatic carbocycles. The van der Waals surface area contributed by atoms with Crippen LogP contribution in [0.2, 0.25) is 0 Å². The maximum Gasteiger partial charge on any atom is 0.324 e. The fourth-order valence-corrected chi connectivity index (χ4v) is 5.85. The summed E-state index contributed by atoms with van der Waals surface area (Å²) in [7, 11) is -3.95. The van der Waals surface area contributed by atoms with Gasteiger partial charge in [0.25, 0.3) is 5.91 Å². The molecule has 1 saturated heterocycles. The van der Waals surface area contributed by atoms with Crippen molar-refractivity contribution in [3.8, 4) is 0 Å². The molecule has 1 amide bonds. The molecule has 0 aromatic heterocycles. The van der Waals surface area contributed by atoms with Crippen molar-refractivity contribution in [2.24, 2.45) is 0 Å². The van der Waals surface area contributed by atoms with Crippen molar-refractivity contribution < 1.29 is 27.5 Å². The number of hydrogen-bond acceptors (Lipinski definition) is 6. The van der Waals surface area contributed by atoms with Crippen LogP contribution in [0.1, 0.15) is 68.6 Å². The molecule has 0 saturated carbocycles. The summed E-state index contributed by atoms with van der Waals surface area (Å²) in [6, 6.07) is 4.69. The Kier molecular flexibility index (Phi) is 8.80. The van der Waals surface area contributed by atoms with Crippen LogP contribution in [0, 0.1) is 0 Å². The van der Waals surface area contributed by atoms with Crippen molar-refractivity contribution in [1.82, 2.24) is 9.62 Å². The summed E-state index contributed by atoms with van der Waals surface area (Å²) in [5.41, 5.74) is 1.76. The number of rotatable bonds is 9. The van der Waals surface area contributed by atoms with Gasteiger partial charge in [-0.15, -0.1) is 0 Å². The molecular formula is C24H32N2O6S. The SMILES string of the molecule is CC(=O)c1ccc(S(=O)(=O)N2CCCCC2C(=O)OCC(=O)NCCC2=CCCCC2)cc1. The largest absolute Gasteiger partial charge is 0.454 e. The monoisotopic (exact) mass is 476 g/mol. The average Bonchev–Trinajstić information content (AvgIpc) is 2.83. The van der Waals surface area contributed by atoms with Crippen molar-refractivity contribution in [1.29, 1.82) is 0 Å². The van der Waals surface area contributed by atoms with Gasteiger partial charge in [-0.3, -0.25) is 14.4 Å². The standard InChI is InChI=1S/C24H32N2O6S/c1-18(27)20-10-12-21(13-11-20)33(30,31)26-16-6-5-9-22(26)24(29)32-17-23(28)25-15-14-19-7-3-2-4-8-19/h7,10-13,22H,2-6,8-9,14-17H2,1H3,(H,25,28). The zero-order chi connectivity index (χ0) is 23.8. The lowest BCUT2D eigenvalue weighted by atomic mass is 9.97. The lowest BCUT2D eigenvalue weighted by Crippen LogP contribution is -2.49. The molecule has 1 heterocycles. The Balaban J connectivity index is 1.56. The van der Waals surface area contributed by atoms with Crippen LogP contribution < -0.4 is 5.32 Å². The van der Waals surface area contributed by atoms with E-state index >= 15 is 0 Å². The number of hydrogen-bond donors (Lipinski definition) is 1. The fraction of sp³-hybridized carbons (Fsp3) is 0.542. The Bertz CT molecular complexity index is 1000. The van der Waals surface area contributed by atoms with Crippen LogP contribution in [-0.4, -0.2) is 56.1 Å². The van der Waals surface area contributed by atoms with Gasteiger partial charge in [0.05, 0.1) is 4.90 Å². The summed E-state index contributed by atoms with van der Waals surface area (Å²) in [6.45, 7) is 1.65. The maximum atomic E-state index is 13.2. The molecule has 8 nitrogen and oxygen atoms in total. The van der Waals surface area contributed by atoms with E-state index in [4.69, 9.17) is 4.74 Å². The summed E-state index contributed by atoms with van der Waals surface area (Å²) in [5, 5.41) is 2.75. The number of benzene rings is 1. The number of nitrogens with zero attached hydrogens (tertiary/aromatic N) is 1. The topological polar surface area (TPSA) is 110 Å². The molecule has 33 heavy (non-hydrogen) atoms. The predicted octanol–water partition coefficient (Wildman–Crippen LogP) is 2.98. The molecule has 1 fully saturated rings. The zero-order valence-corrected chi connectivity index (χ0v) is 19.9. The molecule has 0 bridgehead atoms. The van der Waals surface area contributed by atoms with Crippen molar-refractivity contribution in [3.63, 3.8) is 0 Å². The van der Waals surface area contributed by atoms with E-state index in [1.165, 1.54) is 49.6 Å². The molecule has 1 N–H and O–H groups in total. The highest BCUT2D eigenvalue weighted by atomic mass is 32.2. The quantitative estimate of drug-likeness (QED) is 0.333. The summed E-state index contributed by atoms with van der Waals surface area (Å²) >= 11 is 0. The Morgan fingerprint density at radius 2 is 1.85 bits per heavy atom. The highest BCUT2D eigenvalue weighted by molar-refractivity contribution is 7.89. The Labute approximate surface area is 195 Å². The first-order valence-electron chi connectivity index (χ1n) is 11.5. The van der Waals surface area contributed by atoms with E-state index in [1.54, 1.807) is 0 Å². The van der Waals surface area contributed by atoms with Gasteiger partial charge < -0.3 is 10.1 Å². The lowest BCUT2D eigenvalue weighted by molar-refractivity contribution is -0.153. The van der Waals surface area contributed by atoms with Crippen molar-refractivity contribution in [3.05, 3.63) is 41.5 Å². The molecule has 3 rings (SSSR count). The highest BCUT2D eigenvalue weighted by Crippen LogP contribution is 2.26. The number of amides is 1. The van der Waals surface area contributed by atoms with E-state index in [0.29, 0.717) is 31.4 Å². The number of piperidine rings is 1. The molecule has 1 unspecified atom stereocenters. The molecule has 1 atom stereocenters. The summed E-state index contributed by atoms with van der Waals surface area (Å²) in [6.07, 6.45) is 9.21. The second kappa shape index (κ2) is 11.6. The van der Waals surface area contributed by atoms with Gasteiger partial charge in [-0.25, -0.2) is 8.42 Å². The lowest BCUT2D eigenvalue weighted by Gasteiger charge is -2.33. The molecule has 0 spiro atoms. The Morgan fingerprint density at radius 1 is 1.09 bits per heavy atom. The van der Waals surface area contributed by atoms with E-state index in [9.17, 15) is 22.8 Å². The Morgan fingerprint density at radius 3 is 2.52 bits per heavy atom. The van der Waals surface area contributed by atoms with Crippen molar-refractivity contribution in [2.75, 3.05) is 19.7 Å². The van der Waals surface area contributed by atoms with E-state index in [1.807, 2.05) is 0 Å². The number of nitrogens with one attached hydrogen (secondary N) is 1. The van der Waals surface area contributed by atoms with E-state index in [-0.39, 0.29) is 17.2 Å².